The Hall–Kier alpha value is -3.10. The fraction of sp³-hybridized carbons (Fsp3) is 0.273. The highest BCUT2D eigenvalue weighted by Gasteiger charge is 2.08. The summed E-state index contributed by atoms with van der Waals surface area (Å²) in [5, 5.41) is 17.4. The van der Waals surface area contributed by atoms with Crippen LogP contribution in [0.5, 0.6) is 0 Å². The molecule has 0 fully saturated rings. The summed E-state index contributed by atoms with van der Waals surface area (Å²) in [6, 6.07) is 12.0. The maximum absolute atomic E-state index is 12.0. The van der Waals surface area contributed by atoms with E-state index in [4.69, 9.17) is 23.2 Å². The number of rotatable bonds is 10. The van der Waals surface area contributed by atoms with Gasteiger partial charge in [0.15, 0.2) is 5.82 Å². The van der Waals surface area contributed by atoms with E-state index in [0.29, 0.717) is 52.9 Å². The minimum absolute atomic E-state index is 0.115. The Morgan fingerprint density at radius 2 is 1.59 bits per heavy atom. The first-order chi connectivity index (χ1) is 15.4. The first-order valence-electron chi connectivity index (χ1n) is 10.2. The number of benzene rings is 2. The van der Waals surface area contributed by atoms with Gasteiger partial charge in [0, 0.05) is 47.1 Å². The van der Waals surface area contributed by atoms with Gasteiger partial charge in [0.25, 0.3) is 5.56 Å². The molecule has 1 heterocycles. The van der Waals surface area contributed by atoms with Gasteiger partial charge in [-0.25, -0.2) is 5.10 Å². The number of carbonyl (C=O) groups is 2. The van der Waals surface area contributed by atoms with Crippen LogP contribution in [0.3, 0.4) is 0 Å². The van der Waals surface area contributed by atoms with Crippen molar-refractivity contribution in [2.24, 2.45) is 0 Å². The highest BCUT2D eigenvalue weighted by atomic mass is 35.5. The number of aromatic nitrogens is 2. The van der Waals surface area contributed by atoms with Gasteiger partial charge in [0.05, 0.1) is 5.39 Å². The van der Waals surface area contributed by atoms with Gasteiger partial charge in [0.2, 0.25) is 11.8 Å². The molecule has 8 nitrogen and oxygen atoms in total. The molecular weight excluding hydrogens is 453 g/mol. The van der Waals surface area contributed by atoms with Crippen molar-refractivity contribution >= 4 is 57.3 Å². The Balaban J connectivity index is 1.32. The molecule has 0 saturated heterocycles. The number of fused-ring (bicyclic) bond motifs is 1. The second kappa shape index (κ2) is 11.5. The lowest BCUT2D eigenvalue weighted by Crippen LogP contribution is -2.26. The third-order valence-electron chi connectivity index (χ3n) is 4.62. The first kappa shape index (κ1) is 23.6. The zero-order valence-corrected chi connectivity index (χ0v) is 18.7. The predicted octanol–water partition coefficient (Wildman–Crippen LogP) is 3.96. The molecule has 32 heavy (non-hydrogen) atoms. The van der Waals surface area contributed by atoms with E-state index in [1.54, 1.807) is 30.3 Å². The van der Waals surface area contributed by atoms with Crippen LogP contribution in [0.25, 0.3) is 10.8 Å². The smallest absolute Gasteiger partial charge is 0.272 e. The largest absolute Gasteiger partial charge is 0.368 e. The molecule has 0 aliphatic rings. The molecule has 0 aliphatic carbocycles. The molecule has 0 saturated carbocycles. The molecule has 3 aromatic rings. The van der Waals surface area contributed by atoms with Crippen LogP contribution in [-0.2, 0) is 9.59 Å². The van der Waals surface area contributed by atoms with Crippen LogP contribution >= 0.6 is 23.2 Å². The number of carbonyl (C=O) groups excluding carboxylic acids is 2. The lowest BCUT2D eigenvalue weighted by molar-refractivity contribution is -0.121. The molecule has 1 aromatic heterocycles. The van der Waals surface area contributed by atoms with E-state index in [1.807, 2.05) is 12.1 Å². The van der Waals surface area contributed by atoms with Gasteiger partial charge in [-0.05, 0) is 37.1 Å². The molecule has 2 aromatic carbocycles. The second-order valence-electron chi connectivity index (χ2n) is 7.14. The fourth-order valence-electron chi connectivity index (χ4n) is 3.12. The highest BCUT2D eigenvalue weighted by molar-refractivity contribution is 6.35. The summed E-state index contributed by atoms with van der Waals surface area (Å²) >= 11 is 11.8. The van der Waals surface area contributed by atoms with E-state index in [1.165, 1.54) is 0 Å². The van der Waals surface area contributed by atoms with E-state index in [2.05, 4.69) is 26.1 Å². The summed E-state index contributed by atoms with van der Waals surface area (Å²) in [5.74, 6) is 0.274. The predicted molar refractivity (Wildman–Crippen MR) is 127 cm³/mol. The molecule has 0 spiro atoms. The van der Waals surface area contributed by atoms with Crippen molar-refractivity contribution in [3.63, 3.8) is 0 Å². The van der Waals surface area contributed by atoms with Crippen molar-refractivity contribution in [3.05, 3.63) is 62.9 Å². The van der Waals surface area contributed by atoms with E-state index in [-0.39, 0.29) is 30.2 Å². The van der Waals surface area contributed by atoms with Crippen molar-refractivity contribution in [1.82, 2.24) is 15.5 Å². The third-order valence-corrected chi connectivity index (χ3v) is 5.05. The topological polar surface area (TPSA) is 116 Å². The summed E-state index contributed by atoms with van der Waals surface area (Å²) in [6.45, 7) is 1.06. The van der Waals surface area contributed by atoms with Gasteiger partial charge in [-0.3, -0.25) is 14.4 Å². The highest BCUT2D eigenvalue weighted by Crippen LogP contribution is 2.22. The normalized spacial score (nSPS) is 10.7. The van der Waals surface area contributed by atoms with Crippen molar-refractivity contribution in [3.8, 4) is 0 Å². The van der Waals surface area contributed by atoms with Gasteiger partial charge in [-0.1, -0.05) is 41.4 Å². The number of hydrogen-bond acceptors (Lipinski definition) is 5. The van der Waals surface area contributed by atoms with Gasteiger partial charge in [0.1, 0.15) is 0 Å². The van der Waals surface area contributed by atoms with E-state index >= 15 is 0 Å². The van der Waals surface area contributed by atoms with Crippen molar-refractivity contribution in [1.29, 1.82) is 0 Å². The Kier molecular flexibility index (Phi) is 8.47. The zero-order chi connectivity index (χ0) is 22.9. The van der Waals surface area contributed by atoms with Crippen LogP contribution in [0.1, 0.15) is 25.7 Å². The monoisotopic (exact) mass is 475 g/mol. The van der Waals surface area contributed by atoms with Gasteiger partial charge < -0.3 is 16.0 Å². The number of H-pyrrole nitrogens is 1. The molecule has 4 N–H and O–H groups in total. The summed E-state index contributed by atoms with van der Waals surface area (Å²) in [5.41, 5.74) is 0.290. The van der Waals surface area contributed by atoms with Crippen molar-refractivity contribution < 1.29 is 9.59 Å². The quantitative estimate of drug-likeness (QED) is 0.331. The summed E-state index contributed by atoms with van der Waals surface area (Å²) in [4.78, 5) is 35.8. The van der Waals surface area contributed by atoms with Gasteiger partial charge in [-0.15, -0.1) is 0 Å². The average molecular weight is 476 g/mol. The third kappa shape index (κ3) is 6.96. The standard InChI is InChI=1S/C22H23Cl2N5O3/c23-14-11-15(24)13-16(12-14)27-20(31)8-3-7-19(30)25-9-4-10-26-21-17-5-1-2-6-18(17)22(32)29-28-21/h1-2,5-6,11-13H,3-4,7-10H2,(H,25,30)(H,26,28)(H,27,31)(H,29,32). The molecule has 2 amide bonds. The molecule has 0 aliphatic heterocycles. The van der Waals surface area contributed by atoms with Gasteiger partial charge in [-0.2, -0.15) is 5.10 Å². The van der Waals surface area contributed by atoms with Crippen LogP contribution in [-0.4, -0.2) is 35.1 Å². The van der Waals surface area contributed by atoms with Crippen LogP contribution < -0.4 is 21.5 Å². The molecular formula is C22H23Cl2N5O3. The summed E-state index contributed by atoms with van der Waals surface area (Å²) < 4.78 is 0. The Bertz CT molecular complexity index is 1150. The molecule has 0 atom stereocenters. The first-order valence-corrected chi connectivity index (χ1v) is 10.9. The number of amides is 2. The van der Waals surface area contributed by atoms with E-state index in [0.717, 1.165) is 5.39 Å². The number of nitrogens with one attached hydrogen (secondary N) is 4. The Morgan fingerprint density at radius 3 is 2.34 bits per heavy atom. The number of halogens is 2. The van der Waals surface area contributed by atoms with Crippen molar-refractivity contribution in [2.45, 2.75) is 25.7 Å². The minimum atomic E-state index is -0.233. The van der Waals surface area contributed by atoms with E-state index in [9.17, 15) is 14.4 Å². The minimum Gasteiger partial charge on any atom is -0.368 e. The Labute approximate surface area is 194 Å². The van der Waals surface area contributed by atoms with E-state index < -0.39 is 0 Å². The maximum atomic E-state index is 12.0. The molecule has 168 valence electrons. The lowest BCUT2D eigenvalue weighted by Gasteiger charge is -2.09. The summed E-state index contributed by atoms with van der Waals surface area (Å²) in [6.07, 6.45) is 1.57. The fourth-order valence-corrected chi connectivity index (χ4v) is 3.65. The molecule has 3 rings (SSSR count). The van der Waals surface area contributed by atoms with Crippen LogP contribution in [0, 0.1) is 0 Å². The molecule has 0 bridgehead atoms. The van der Waals surface area contributed by atoms with Gasteiger partial charge >= 0.3 is 0 Å². The SMILES string of the molecule is O=C(CCCC(=O)Nc1cc(Cl)cc(Cl)c1)NCCCNc1n[nH]c(=O)c2ccccc12. The average Bonchev–Trinajstić information content (AvgIpc) is 2.74. The second-order valence-corrected chi connectivity index (χ2v) is 8.01. The molecule has 10 heteroatoms. The zero-order valence-electron chi connectivity index (χ0n) is 17.2. The molecule has 0 unspecified atom stereocenters. The van der Waals surface area contributed by atoms with Crippen molar-refractivity contribution in [2.75, 3.05) is 23.7 Å². The van der Waals surface area contributed by atoms with Crippen LogP contribution in [0.2, 0.25) is 10.0 Å². The van der Waals surface area contributed by atoms with Crippen LogP contribution in [0.15, 0.2) is 47.3 Å². The molecule has 0 radical (unpaired) electrons. The number of hydrogen-bond donors (Lipinski definition) is 4. The number of nitrogens with zero attached hydrogens (tertiary/aromatic N) is 1. The number of anilines is 2. The number of aromatic amines is 1. The Morgan fingerprint density at radius 1 is 0.906 bits per heavy atom. The maximum Gasteiger partial charge on any atom is 0.272 e. The van der Waals surface area contributed by atoms with Crippen LogP contribution in [0.4, 0.5) is 11.5 Å². The lowest BCUT2D eigenvalue weighted by atomic mass is 10.2. The summed E-state index contributed by atoms with van der Waals surface area (Å²) in [7, 11) is 0.